The van der Waals surface area contributed by atoms with Gasteiger partial charge in [-0.3, -0.25) is 14.4 Å². The van der Waals surface area contributed by atoms with Gasteiger partial charge in [-0.05, 0) is 93.4 Å². The zero-order chi connectivity index (χ0) is 35.1. The maximum atomic E-state index is 12.6. The van der Waals surface area contributed by atoms with Crippen LogP contribution in [0.3, 0.4) is 0 Å². The minimum absolute atomic E-state index is 0.0290. The second kappa shape index (κ2) is 23.6. The predicted molar refractivity (Wildman–Crippen MR) is 202 cm³/mol. The SMILES string of the molecule is O=C(CCCCCOCCCCc1ccccc1)NCCc1ccc(OC(=O)CCCCCOCCCCc2ccccc2)c2[nH]c(=O)sc12. The Bertz CT molecular complexity index is 1590. The molecule has 0 bridgehead atoms. The fourth-order valence-electron chi connectivity index (χ4n) is 5.82. The van der Waals surface area contributed by atoms with Crippen molar-refractivity contribution in [3.05, 3.63) is 99.2 Å². The summed E-state index contributed by atoms with van der Waals surface area (Å²) >= 11 is 1.10. The molecular weight excluding hydrogens is 649 g/mol. The number of thiazole rings is 1. The van der Waals surface area contributed by atoms with Crippen molar-refractivity contribution < 1.29 is 23.8 Å². The van der Waals surface area contributed by atoms with Crippen molar-refractivity contribution in [2.24, 2.45) is 0 Å². The molecule has 4 aromatic rings. The number of rotatable bonds is 26. The first kappa shape index (κ1) is 39.0. The Morgan fingerprint density at radius 2 is 1.18 bits per heavy atom. The summed E-state index contributed by atoms with van der Waals surface area (Å²) in [5, 5.41) is 3.00. The normalized spacial score (nSPS) is 11.2. The molecule has 3 aromatic carbocycles. The summed E-state index contributed by atoms with van der Waals surface area (Å²) in [6.45, 7) is 3.46. The number of esters is 1. The van der Waals surface area contributed by atoms with E-state index in [1.54, 1.807) is 6.07 Å². The van der Waals surface area contributed by atoms with Crippen LogP contribution in [-0.4, -0.2) is 49.8 Å². The lowest BCUT2D eigenvalue weighted by Crippen LogP contribution is -2.25. The van der Waals surface area contributed by atoms with Crippen LogP contribution < -0.4 is 14.9 Å². The number of aromatic amines is 1. The van der Waals surface area contributed by atoms with Crippen molar-refractivity contribution in [1.82, 2.24) is 10.3 Å². The molecule has 1 aromatic heterocycles. The van der Waals surface area contributed by atoms with Crippen molar-refractivity contribution in [2.75, 3.05) is 33.0 Å². The van der Waals surface area contributed by atoms with E-state index < -0.39 is 0 Å². The average molecular weight is 703 g/mol. The summed E-state index contributed by atoms with van der Waals surface area (Å²) in [7, 11) is 0. The number of aryl methyl sites for hydroxylation is 2. The minimum atomic E-state index is -0.314. The lowest BCUT2D eigenvalue weighted by molar-refractivity contribution is -0.134. The maximum Gasteiger partial charge on any atom is 0.311 e. The van der Waals surface area contributed by atoms with Gasteiger partial charge in [0.15, 0.2) is 5.75 Å². The summed E-state index contributed by atoms with van der Waals surface area (Å²) in [4.78, 5) is 39.8. The van der Waals surface area contributed by atoms with Gasteiger partial charge in [-0.25, -0.2) is 0 Å². The van der Waals surface area contributed by atoms with Gasteiger partial charge in [0, 0.05) is 45.8 Å². The summed E-state index contributed by atoms with van der Waals surface area (Å²) in [6.07, 6.45) is 13.2. The Morgan fingerprint density at radius 1 is 0.620 bits per heavy atom. The number of hydrogen-bond donors (Lipinski definition) is 2. The molecular formula is C41H54N2O6S. The first-order chi connectivity index (χ1) is 24.6. The van der Waals surface area contributed by atoms with Crippen LogP contribution in [0.15, 0.2) is 77.6 Å². The number of unbranched alkanes of at least 4 members (excludes halogenated alkanes) is 6. The van der Waals surface area contributed by atoms with E-state index >= 15 is 0 Å². The highest BCUT2D eigenvalue weighted by atomic mass is 32.1. The number of carbonyl (C=O) groups excluding carboxylic acids is 2. The number of ether oxygens (including phenoxy) is 3. The Kier molecular flexibility index (Phi) is 18.4. The van der Waals surface area contributed by atoms with Gasteiger partial charge in [0.25, 0.3) is 0 Å². The third kappa shape index (κ3) is 15.4. The van der Waals surface area contributed by atoms with Crippen LogP contribution in [-0.2, 0) is 38.3 Å². The van der Waals surface area contributed by atoms with Crippen molar-refractivity contribution in [1.29, 1.82) is 0 Å². The average Bonchev–Trinajstić information content (AvgIpc) is 3.53. The third-order valence-corrected chi connectivity index (χ3v) is 9.58. The van der Waals surface area contributed by atoms with Gasteiger partial charge in [0.2, 0.25) is 5.91 Å². The predicted octanol–water partition coefficient (Wildman–Crippen LogP) is 8.35. The van der Waals surface area contributed by atoms with Crippen molar-refractivity contribution in [3.63, 3.8) is 0 Å². The van der Waals surface area contributed by atoms with E-state index in [-0.39, 0.29) is 16.7 Å². The van der Waals surface area contributed by atoms with Crippen LogP contribution in [0.1, 0.15) is 93.7 Å². The number of nitrogens with one attached hydrogen (secondary N) is 2. The first-order valence-electron chi connectivity index (χ1n) is 18.4. The van der Waals surface area contributed by atoms with Crippen LogP contribution in [0.25, 0.3) is 10.2 Å². The Balaban J connectivity index is 1.02. The van der Waals surface area contributed by atoms with Crippen molar-refractivity contribution in [3.8, 4) is 5.75 Å². The number of aromatic nitrogens is 1. The van der Waals surface area contributed by atoms with E-state index in [0.29, 0.717) is 43.7 Å². The number of fused-ring (bicyclic) bond motifs is 1. The Hall–Kier alpha value is -3.79. The molecule has 0 aliphatic carbocycles. The number of hydrogen-bond acceptors (Lipinski definition) is 7. The number of benzene rings is 3. The van der Waals surface area contributed by atoms with Crippen LogP contribution in [0.2, 0.25) is 0 Å². The van der Waals surface area contributed by atoms with Crippen LogP contribution in [0.5, 0.6) is 5.75 Å². The zero-order valence-corrected chi connectivity index (χ0v) is 30.2. The molecule has 0 atom stereocenters. The molecule has 0 saturated carbocycles. The summed E-state index contributed by atoms with van der Waals surface area (Å²) < 4.78 is 17.9. The molecule has 0 fully saturated rings. The van der Waals surface area contributed by atoms with E-state index in [9.17, 15) is 14.4 Å². The molecule has 1 heterocycles. The quantitative estimate of drug-likeness (QED) is 0.0387. The van der Waals surface area contributed by atoms with Gasteiger partial charge in [0.1, 0.15) is 5.52 Å². The molecule has 0 radical (unpaired) electrons. The lowest BCUT2D eigenvalue weighted by atomic mass is 10.1. The number of H-pyrrole nitrogens is 1. The van der Waals surface area contributed by atoms with Gasteiger partial charge in [-0.15, -0.1) is 0 Å². The zero-order valence-electron chi connectivity index (χ0n) is 29.4. The summed E-state index contributed by atoms with van der Waals surface area (Å²) in [5.41, 5.74) is 4.21. The number of amides is 1. The maximum absolute atomic E-state index is 12.6. The highest BCUT2D eigenvalue weighted by Gasteiger charge is 2.14. The molecule has 9 heteroatoms. The van der Waals surface area contributed by atoms with Gasteiger partial charge < -0.3 is 24.5 Å². The molecule has 270 valence electrons. The van der Waals surface area contributed by atoms with Crippen molar-refractivity contribution >= 4 is 33.4 Å². The smallest absolute Gasteiger partial charge is 0.311 e. The Morgan fingerprint density at radius 3 is 1.78 bits per heavy atom. The minimum Gasteiger partial charge on any atom is -0.424 e. The molecule has 50 heavy (non-hydrogen) atoms. The van der Waals surface area contributed by atoms with E-state index in [4.69, 9.17) is 14.2 Å². The van der Waals surface area contributed by atoms with Crippen LogP contribution in [0.4, 0.5) is 0 Å². The molecule has 0 spiro atoms. The van der Waals surface area contributed by atoms with Gasteiger partial charge in [-0.1, -0.05) is 90.9 Å². The molecule has 0 aliphatic rings. The van der Waals surface area contributed by atoms with E-state index in [1.165, 1.54) is 11.1 Å². The topological polar surface area (TPSA) is 107 Å². The van der Waals surface area contributed by atoms with Gasteiger partial charge >= 0.3 is 10.8 Å². The molecule has 0 aliphatic heterocycles. The van der Waals surface area contributed by atoms with Crippen LogP contribution >= 0.6 is 11.3 Å². The van der Waals surface area contributed by atoms with E-state index in [1.807, 2.05) is 18.2 Å². The van der Waals surface area contributed by atoms with Crippen LogP contribution in [0, 0.1) is 0 Å². The molecule has 8 nitrogen and oxygen atoms in total. The van der Waals surface area contributed by atoms with E-state index in [2.05, 4.69) is 58.8 Å². The molecule has 2 N–H and O–H groups in total. The lowest BCUT2D eigenvalue weighted by Gasteiger charge is -2.09. The largest absolute Gasteiger partial charge is 0.424 e. The first-order valence-corrected chi connectivity index (χ1v) is 19.3. The highest BCUT2D eigenvalue weighted by molar-refractivity contribution is 7.16. The monoisotopic (exact) mass is 702 g/mol. The number of carbonyl (C=O) groups is 2. The fraction of sp³-hybridized carbons (Fsp3) is 0.488. The van der Waals surface area contributed by atoms with E-state index in [0.717, 1.165) is 118 Å². The van der Waals surface area contributed by atoms with Gasteiger partial charge in [-0.2, -0.15) is 0 Å². The Labute approximate surface area is 300 Å². The second-order valence-electron chi connectivity index (χ2n) is 12.7. The molecule has 0 saturated heterocycles. The summed E-state index contributed by atoms with van der Waals surface area (Å²) in [6, 6.07) is 24.6. The highest BCUT2D eigenvalue weighted by Crippen LogP contribution is 2.29. The fourth-order valence-corrected chi connectivity index (χ4v) is 6.71. The standard InChI is InChI=1S/C41H54N2O6S/c44-37(23-9-3-13-29-47-31-15-11-21-33-17-5-1-6-18-33)42-28-27-35-25-26-36(39-40(35)50-41(46)43-39)49-38(45)24-10-4-14-30-48-32-16-12-22-34-19-7-2-8-20-34/h1-2,5-8,17-20,25-26H,3-4,9-16,21-24,27-32H2,(H,42,44)(H,43,46). The molecule has 1 amide bonds. The van der Waals surface area contributed by atoms with Crippen molar-refractivity contribution in [2.45, 2.75) is 96.3 Å². The molecule has 0 unspecified atom stereocenters. The van der Waals surface area contributed by atoms with Gasteiger partial charge in [0.05, 0.1) is 4.70 Å². The third-order valence-electron chi connectivity index (χ3n) is 8.62. The second-order valence-corrected chi connectivity index (χ2v) is 13.7. The molecule has 4 rings (SSSR count). The summed E-state index contributed by atoms with van der Waals surface area (Å²) in [5.74, 6) is 0.0815.